The number of rotatable bonds is 7. The summed E-state index contributed by atoms with van der Waals surface area (Å²) in [5, 5.41) is 11.8. The van der Waals surface area contributed by atoms with Gasteiger partial charge in [0.05, 0.1) is 19.8 Å². The number of carbonyl (C=O) groups excluding carboxylic acids is 3. The van der Waals surface area contributed by atoms with Crippen LogP contribution in [0.4, 0.5) is 5.69 Å². The molecule has 0 aliphatic rings. The molecular formula is C22H20N2O6. The molecule has 0 radical (unpaired) electrons. The van der Waals surface area contributed by atoms with Crippen LogP contribution in [0.25, 0.3) is 6.08 Å². The Labute approximate surface area is 173 Å². The third-order valence-electron chi connectivity index (χ3n) is 4.01. The van der Waals surface area contributed by atoms with Crippen molar-refractivity contribution in [3.63, 3.8) is 0 Å². The fourth-order valence-corrected chi connectivity index (χ4v) is 2.43. The molecule has 1 amide bonds. The van der Waals surface area contributed by atoms with Crippen LogP contribution < -0.4 is 10.1 Å². The maximum atomic E-state index is 12.2. The number of nitrogens with zero attached hydrogens (tertiary/aromatic N) is 1. The minimum atomic E-state index is -0.935. The van der Waals surface area contributed by atoms with Crippen molar-refractivity contribution >= 4 is 29.6 Å². The average Bonchev–Trinajstić information content (AvgIpc) is 2.76. The van der Waals surface area contributed by atoms with Crippen molar-refractivity contribution in [2.45, 2.75) is 6.92 Å². The van der Waals surface area contributed by atoms with Crippen molar-refractivity contribution in [3.8, 4) is 11.8 Å². The van der Waals surface area contributed by atoms with Crippen LogP contribution in [0.5, 0.6) is 5.75 Å². The minimum absolute atomic E-state index is 0.264. The summed E-state index contributed by atoms with van der Waals surface area (Å²) in [4.78, 5) is 35.9. The molecule has 0 aliphatic carbocycles. The first kappa shape index (κ1) is 22.2. The number of hydrogen-bond acceptors (Lipinski definition) is 7. The normalized spacial score (nSPS) is 10.5. The van der Waals surface area contributed by atoms with E-state index >= 15 is 0 Å². The van der Waals surface area contributed by atoms with Gasteiger partial charge in [-0.05, 0) is 48.4 Å². The lowest BCUT2D eigenvalue weighted by Crippen LogP contribution is -2.22. The van der Waals surface area contributed by atoms with Gasteiger partial charge in [-0.15, -0.1) is 0 Å². The van der Waals surface area contributed by atoms with Crippen molar-refractivity contribution in [1.29, 1.82) is 5.26 Å². The molecular weight excluding hydrogens is 388 g/mol. The van der Waals surface area contributed by atoms with Gasteiger partial charge in [-0.3, -0.25) is 4.79 Å². The van der Waals surface area contributed by atoms with E-state index in [1.54, 1.807) is 49.4 Å². The number of hydrogen-bond donors (Lipinski definition) is 1. The molecule has 1 N–H and O–H groups in total. The van der Waals surface area contributed by atoms with E-state index in [1.807, 2.05) is 0 Å². The number of carbonyl (C=O) groups is 3. The van der Waals surface area contributed by atoms with Gasteiger partial charge in [-0.25, -0.2) is 9.59 Å². The summed E-state index contributed by atoms with van der Waals surface area (Å²) >= 11 is 0. The molecule has 0 fully saturated rings. The van der Waals surface area contributed by atoms with Gasteiger partial charge in [0.25, 0.3) is 5.91 Å². The molecule has 0 aromatic heterocycles. The van der Waals surface area contributed by atoms with Gasteiger partial charge in [0.2, 0.25) is 0 Å². The van der Waals surface area contributed by atoms with Crippen LogP contribution in [-0.2, 0) is 19.1 Å². The van der Waals surface area contributed by atoms with E-state index in [0.29, 0.717) is 22.6 Å². The predicted octanol–water partition coefficient (Wildman–Crippen LogP) is 2.88. The van der Waals surface area contributed by atoms with E-state index < -0.39 is 24.5 Å². The first-order chi connectivity index (χ1) is 14.4. The molecule has 0 atom stereocenters. The van der Waals surface area contributed by atoms with Gasteiger partial charge < -0.3 is 19.5 Å². The van der Waals surface area contributed by atoms with Crippen molar-refractivity contribution in [2.24, 2.45) is 0 Å². The topological polar surface area (TPSA) is 115 Å². The summed E-state index contributed by atoms with van der Waals surface area (Å²) < 4.78 is 14.7. The number of methoxy groups -OCH3 is 2. The summed E-state index contributed by atoms with van der Waals surface area (Å²) in [5.41, 5.74) is 1.66. The largest absolute Gasteiger partial charge is 0.497 e. The molecule has 8 nitrogen and oxygen atoms in total. The van der Waals surface area contributed by atoms with Crippen LogP contribution in [-0.4, -0.2) is 38.7 Å². The van der Waals surface area contributed by atoms with Crippen LogP contribution in [0.1, 0.15) is 21.5 Å². The molecule has 2 rings (SSSR count). The highest BCUT2D eigenvalue weighted by molar-refractivity contribution is 6.00. The number of esters is 2. The van der Waals surface area contributed by atoms with Crippen molar-refractivity contribution in [3.05, 3.63) is 64.7 Å². The highest BCUT2D eigenvalue weighted by Gasteiger charge is 2.15. The molecule has 0 unspecified atom stereocenters. The zero-order valence-electron chi connectivity index (χ0n) is 16.7. The average molecular weight is 408 g/mol. The lowest BCUT2D eigenvalue weighted by molar-refractivity contribution is -0.142. The second-order valence-corrected chi connectivity index (χ2v) is 6.09. The van der Waals surface area contributed by atoms with Crippen molar-refractivity contribution in [1.82, 2.24) is 0 Å². The Hall–Kier alpha value is -4.12. The smallest absolute Gasteiger partial charge is 0.349 e. The molecule has 8 heteroatoms. The summed E-state index contributed by atoms with van der Waals surface area (Å²) in [6.07, 6.45) is 1.34. The Kier molecular flexibility index (Phi) is 7.71. The highest BCUT2D eigenvalue weighted by Crippen LogP contribution is 2.18. The van der Waals surface area contributed by atoms with Crippen LogP contribution in [0.3, 0.4) is 0 Å². The summed E-state index contributed by atoms with van der Waals surface area (Å²) in [6, 6.07) is 13.2. The zero-order chi connectivity index (χ0) is 22.1. The van der Waals surface area contributed by atoms with Gasteiger partial charge in [0.15, 0.2) is 6.61 Å². The number of benzene rings is 2. The Morgan fingerprint density at radius 1 is 1.13 bits per heavy atom. The molecule has 0 bridgehead atoms. The minimum Gasteiger partial charge on any atom is -0.497 e. The molecule has 30 heavy (non-hydrogen) atoms. The number of anilines is 1. The molecule has 0 saturated heterocycles. The third-order valence-corrected chi connectivity index (χ3v) is 4.01. The molecule has 0 saturated carbocycles. The van der Waals surface area contributed by atoms with Crippen LogP contribution >= 0.6 is 0 Å². The van der Waals surface area contributed by atoms with Crippen LogP contribution in [0.2, 0.25) is 0 Å². The summed E-state index contributed by atoms with van der Waals surface area (Å²) in [7, 11) is 2.76. The van der Waals surface area contributed by atoms with Gasteiger partial charge in [0.1, 0.15) is 17.4 Å². The third kappa shape index (κ3) is 5.94. The first-order valence-corrected chi connectivity index (χ1v) is 8.79. The van der Waals surface area contributed by atoms with Gasteiger partial charge in [-0.1, -0.05) is 18.2 Å². The van der Waals surface area contributed by atoms with Crippen LogP contribution in [0.15, 0.2) is 48.0 Å². The molecule has 0 heterocycles. The molecule has 0 spiro atoms. The van der Waals surface area contributed by atoms with Crippen LogP contribution in [0, 0.1) is 18.3 Å². The van der Waals surface area contributed by atoms with E-state index in [2.05, 4.69) is 10.1 Å². The lowest BCUT2D eigenvalue weighted by atomic mass is 10.1. The SMILES string of the molecule is COC(=O)c1ccc(C)c(NC(=O)COC(=O)/C(C#N)=C/c2cccc(OC)c2)c1. The zero-order valence-corrected chi connectivity index (χ0v) is 16.7. The monoisotopic (exact) mass is 408 g/mol. The number of aryl methyl sites for hydroxylation is 1. The van der Waals surface area contributed by atoms with E-state index in [9.17, 15) is 19.6 Å². The fraction of sp³-hybridized carbons (Fsp3) is 0.182. The molecule has 0 aliphatic heterocycles. The van der Waals surface area contributed by atoms with Crippen molar-refractivity contribution < 1.29 is 28.6 Å². The summed E-state index contributed by atoms with van der Waals surface area (Å²) in [5.74, 6) is -1.53. The lowest BCUT2D eigenvalue weighted by Gasteiger charge is -2.10. The maximum Gasteiger partial charge on any atom is 0.349 e. The Bertz CT molecular complexity index is 1040. The van der Waals surface area contributed by atoms with E-state index in [4.69, 9.17) is 9.47 Å². The highest BCUT2D eigenvalue weighted by atomic mass is 16.5. The molecule has 154 valence electrons. The number of nitrogens with one attached hydrogen (secondary N) is 1. The fourth-order valence-electron chi connectivity index (χ4n) is 2.43. The number of nitriles is 1. The maximum absolute atomic E-state index is 12.2. The predicted molar refractivity (Wildman–Crippen MR) is 109 cm³/mol. The quantitative estimate of drug-likeness (QED) is 0.425. The Morgan fingerprint density at radius 2 is 1.90 bits per heavy atom. The van der Waals surface area contributed by atoms with E-state index in [0.717, 1.165) is 0 Å². The van der Waals surface area contributed by atoms with Gasteiger partial charge in [-0.2, -0.15) is 5.26 Å². The first-order valence-electron chi connectivity index (χ1n) is 8.79. The Morgan fingerprint density at radius 3 is 2.57 bits per heavy atom. The van der Waals surface area contributed by atoms with Gasteiger partial charge >= 0.3 is 11.9 Å². The second-order valence-electron chi connectivity index (χ2n) is 6.09. The Balaban J connectivity index is 2.03. The standard InChI is InChI=1S/C22H20N2O6/c1-14-7-8-16(21(26)29-3)11-19(14)24-20(25)13-30-22(27)17(12-23)9-15-5-4-6-18(10-15)28-2/h4-11H,13H2,1-3H3,(H,24,25)/b17-9+. The number of ether oxygens (including phenoxy) is 3. The number of amides is 1. The van der Waals surface area contributed by atoms with E-state index in [-0.39, 0.29) is 11.1 Å². The van der Waals surface area contributed by atoms with Gasteiger partial charge in [0, 0.05) is 5.69 Å². The molecule has 2 aromatic rings. The van der Waals surface area contributed by atoms with Crippen molar-refractivity contribution in [2.75, 3.05) is 26.1 Å². The molecule has 2 aromatic carbocycles. The second kappa shape index (κ2) is 10.4. The summed E-state index contributed by atoms with van der Waals surface area (Å²) in [6.45, 7) is 1.14. The van der Waals surface area contributed by atoms with E-state index in [1.165, 1.54) is 26.4 Å².